The topological polar surface area (TPSA) is 51.1 Å². The highest BCUT2D eigenvalue weighted by Gasteiger charge is 2.16. The molecule has 1 N–H and O–H groups in total. The van der Waals surface area contributed by atoms with E-state index >= 15 is 0 Å². The van der Waals surface area contributed by atoms with Gasteiger partial charge in [0.1, 0.15) is 0 Å². The Kier molecular flexibility index (Phi) is 4.62. The fourth-order valence-corrected chi connectivity index (χ4v) is 4.05. The van der Waals surface area contributed by atoms with E-state index in [1.54, 1.807) is 42.5 Å². The van der Waals surface area contributed by atoms with E-state index in [1.807, 2.05) is 32.9 Å². The number of hydrogen-bond donors (Lipinski definition) is 1. The van der Waals surface area contributed by atoms with E-state index in [0.29, 0.717) is 10.7 Å². The van der Waals surface area contributed by atoms with E-state index in [4.69, 9.17) is 11.6 Å². The molecule has 0 aliphatic carbocycles. The van der Waals surface area contributed by atoms with Gasteiger partial charge in [0, 0.05) is 22.1 Å². The van der Waals surface area contributed by atoms with Crippen molar-refractivity contribution in [3.05, 3.63) is 76.6 Å². The fraction of sp³-hybridized carbons (Fsp3) is 0.158. The highest BCUT2D eigenvalue weighted by atomic mass is 35.5. The number of aryl methyl sites for hydroxylation is 3. The third-order valence-electron chi connectivity index (χ3n) is 4.12. The van der Waals surface area contributed by atoms with Crippen LogP contribution in [0, 0.1) is 20.8 Å². The molecule has 1 heterocycles. The van der Waals surface area contributed by atoms with Crippen LogP contribution in [0.2, 0.25) is 5.02 Å². The van der Waals surface area contributed by atoms with Gasteiger partial charge in [-0.2, -0.15) is 0 Å². The van der Waals surface area contributed by atoms with Gasteiger partial charge in [0.05, 0.1) is 10.6 Å². The first kappa shape index (κ1) is 17.6. The number of aromatic nitrogens is 1. The van der Waals surface area contributed by atoms with Gasteiger partial charge in [-0.15, -0.1) is 0 Å². The van der Waals surface area contributed by atoms with Crippen molar-refractivity contribution in [2.75, 3.05) is 4.72 Å². The standard InChI is InChI=1S/C19H19ClN2O2S/c1-13-4-7-16(20)12-19(13)21-25(23,24)18-10-8-17(9-11-18)22-14(2)5-6-15(22)3/h4-12,21H,1-3H3. The van der Waals surface area contributed by atoms with Crippen molar-refractivity contribution in [1.82, 2.24) is 4.57 Å². The maximum Gasteiger partial charge on any atom is 0.261 e. The summed E-state index contributed by atoms with van der Waals surface area (Å²) in [5.41, 5.74) is 4.41. The van der Waals surface area contributed by atoms with Crippen molar-refractivity contribution >= 4 is 27.3 Å². The molecule has 0 unspecified atom stereocenters. The summed E-state index contributed by atoms with van der Waals surface area (Å²) < 4.78 is 29.9. The van der Waals surface area contributed by atoms with Crippen molar-refractivity contribution in [2.24, 2.45) is 0 Å². The largest absolute Gasteiger partial charge is 0.319 e. The number of rotatable bonds is 4. The van der Waals surface area contributed by atoms with Crippen molar-refractivity contribution in [2.45, 2.75) is 25.7 Å². The Bertz CT molecular complexity index is 1000. The molecule has 0 saturated heterocycles. The summed E-state index contributed by atoms with van der Waals surface area (Å²) in [6.45, 7) is 5.86. The number of nitrogens with zero attached hydrogens (tertiary/aromatic N) is 1. The van der Waals surface area contributed by atoms with Crippen molar-refractivity contribution in [3.63, 3.8) is 0 Å². The molecule has 0 atom stereocenters. The second kappa shape index (κ2) is 6.58. The smallest absolute Gasteiger partial charge is 0.261 e. The lowest BCUT2D eigenvalue weighted by Crippen LogP contribution is -2.14. The summed E-state index contributed by atoms with van der Waals surface area (Å²) in [7, 11) is -3.68. The van der Waals surface area contributed by atoms with Gasteiger partial charge in [0.25, 0.3) is 10.0 Å². The predicted molar refractivity (Wildman–Crippen MR) is 102 cm³/mol. The molecule has 0 spiro atoms. The minimum absolute atomic E-state index is 0.207. The van der Waals surface area contributed by atoms with Gasteiger partial charge in [0.2, 0.25) is 0 Å². The Morgan fingerprint density at radius 3 is 2.08 bits per heavy atom. The summed E-state index contributed by atoms with van der Waals surface area (Å²) in [6, 6.07) is 16.0. The zero-order chi connectivity index (χ0) is 18.2. The van der Waals surface area contributed by atoms with Crippen molar-refractivity contribution in [1.29, 1.82) is 0 Å². The molecule has 3 aromatic rings. The highest BCUT2D eigenvalue weighted by Crippen LogP contribution is 2.24. The highest BCUT2D eigenvalue weighted by molar-refractivity contribution is 7.92. The number of hydrogen-bond acceptors (Lipinski definition) is 2. The zero-order valence-electron chi connectivity index (χ0n) is 14.2. The molecule has 0 radical (unpaired) electrons. The van der Waals surface area contributed by atoms with Gasteiger partial charge >= 0.3 is 0 Å². The average Bonchev–Trinajstić information content (AvgIpc) is 2.90. The van der Waals surface area contributed by atoms with Gasteiger partial charge in [0.15, 0.2) is 0 Å². The summed E-state index contributed by atoms with van der Waals surface area (Å²) in [5, 5.41) is 0.484. The van der Waals surface area contributed by atoms with Crippen LogP contribution in [-0.2, 0) is 10.0 Å². The number of anilines is 1. The second-order valence-electron chi connectivity index (χ2n) is 6.01. The van der Waals surface area contributed by atoms with E-state index in [-0.39, 0.29) is 4.90 Å². The lowest BCUT2D eigenvalue weighted by Gasteiger charge is -2.13. The Balaban J connectivity index is 1.92. The first-order valence-electron chi connectivity index (χ1n) is 7.82. The molecule has 0 saturated carbocycles. The van der Waals surface area contributed by atoms with Crippen LogP contribution < -0.4 is 4.72 Å². The molecular weight excluding hydrogens is 356 g/mol. The van der Waals surface area contributed by atoms with Crippen LogP contribution in [-0.4, -0.2) is 13.0 Å². The molecular formula is C19H19ClN2O2S. The van der Waals surface area contributed by atoms with Crippen molar-refractivity contribution < 1.29 is 8.42 Å². The van der Waals surface area contributed by atoms with Crippen LogP contribution in [0.1, 0.15) is 17.0 Å². The quantitative estimate of drug-likeness (QED) is 0.709. The summed E-state index contributed by atoms with van der Waals surface area (Å²) in [4.78, 5) is 0.207. The van der Waals surface area contributed by atoms with E-state index in [1.165, 1.54) is 0 Å². The third-order valence-corrected chi connectivity index (χ3v) is 5.74. The monoisotopic (exact) mass is 374 g/mol. The molecule has 0 aliphatic rings. The summed E-state index contributed by atoms with van der Waals surface area (Å²) in [5.74, 6) is 0. The Hall–Kier alpha value is -2.24. The van der Waals surface area contributed by atoms with Crippen LogP contribution in [0.25, 0.3) is 5.69 Å². The minimum Gasteiger partial charge on any atom is -0.319 e. The van der Waals surface area contributed by atoms with Gasteiger partial charge in [-0.1, -0.05) is 17.7 Å². The first-order chi connectivity index (χ1) is 11.8. The minimum atomic E-state index is -3.68. The van der Waals surface area contributed by atoms with E-state index in [0.717, 1.165) is 22.6 Å². The van der Waals surface area contributed by atoms with Crippen LogP contribution >= 0.6 is 11.6 Å². The molecule has 4 nitrogen and oxygen atoms in total. The molecule has 0 bridgehead atoms. The van der Waals surface area contributed by atoms with E-state index in [2.05, 4.69) is 9.29 Å². The van der Waals surface area contributed by atoms with E-state index in [9.17, 15) is 8.42 Å². The molecule has 6 heteroatoms. The number of sulfonamides is 1. The molecule has 130 valence electrons. The molecule has 3 rings (SSSR count). The Morgan fingerprint density at radius 2 is 1.48 bits per heavy atom. The van der Waals surface area contributed by atoms with Crippen LogP contribution in [0.15, 0.2) is 59.5 Å². The van der Waals surface area contributed by atoms with Crippen LogP contribution in [0.4, 0.5) is 5.69 Å². The lowest BCUT2D eigenvalue weighted by molar-refractivity contribution is 0.601. The third kappa shape index (κ3) is 3.57. The van der Waals surface area contributed by atoms with Gasteiger partial charge in [-0.25, -0.2) is 8.42 Å². The normalized spacial score (nSPS) is 11.5. The molecule has 25 heavy (non-hydrogen) atoms. The molecule has 0 aliphatic heterocycles. The number of benzene rings is 2. The molecule has 2 aromatic carbocycles. The Morgan fingerprint density at radius 1 is 0.880 bits per heavy atom. The second-order valence-corrected chi connectivity index (χ2v) is 8.13. The number of halogens is 1. The van der Waals surface area contributed by atoms with Crippen LogP contribution in [0.3, 0.4) is 0 Å². The zero-order valence-corrected chi connectivity index (χ0v) is 15.8. The average molecular weight is 375 g/mol. The first-order valence-corrected chi connectivity index (χ1v) is 9.68. The maximum absolute atomic E-state index is 12.6. The van der Waals surface area contributed by atoms with Gasteiger partial charge in [-0.3, -0.25) is 4.72 Å². The maximum atomic E-state index is 12.6. The molecule has 0 fully saturated rings. The summed E-state index contributed by atoms with van der Waals surface area (Å²) in [6.07, 6.45) is 0. The fourth-order valence-electron chi connectivity index (χ4n) is 2.76. The van der Waals surface area contributed by atoms with E-state index < -0.39 is 10.0 Å². The Labute approximate surface area is 153 Å². The lowest BCUT2D eigenvalue weighted by atomic mass is 10.2. The molecule has 0 amide bonds. The van der Waals surface area contributed by atoms with Gasteiger partial charge in [-0.05, 0) is 74.9 Å². The summed E-state index contributed by atoms with van der Waals surface area (Å²) >= 11 is 5.96. The number of nitrogens with one attached hydrogen (secondary N) is 1. The SMILES string of the molecule is Cc1ccc(Cl)cc1NS(=O)(=O)c1ccc(-n2c(C)ccc2C)cc1. The van der Waals surface area contributed by atoms with Crippen LogP contribution in [0.5, 0.6) is 0 Å². The van der Waals surface area contributed by atoms with Gasteiger partial charge < -0.3 is 4.57 Å². The van der Waals surface area contributed by atoms with Crippen molar-refractivity contribution in [3.8, 4) is 5.69 Å². The predicted octanol–water partition coefficient (Wildman–Crippen LogP) is 4.86. The molecule has 1 aromatic heterocycles.